The van der Waals surface area contributed by atoms with Gasteiger partial charge in [-0.3, -0.25) is 0 Å². The monoisotopic (exact) mass is 379 g/mol. The molecule has 1 N–H and O–H groups in total. The Hall–Kier alpha value is -2.23. The van der Waals surface area contributed by atoms with Crippen molar-refractivity contribution < 1.29 is 5.11 Å². The molecule has 120 valence electrons. The summed E-state index contributed by atoms with van der Waals surface area (Å²) in [7, 11) is 0. The first-order chi connectivity index (χ1) is 11.8. The molecule has 3 aromatic rings. The second-order valence-electron chi connectivity index (χ2n) is 5.44. The highest BCUT2D eigenvalue weighted by Gasteiger charge is 2.09. The average molecular weight is 380 g/mol. The van der Waals surface area contributed by atoms with Crippen LogP contribution in [-0.2, 0) is 6.42 Å². The lowest BCUT2D eigenvalue weighted by Crippen LogP contribution is -2.03. The fourth-order valence-electron chi connectivity index (χ4n) is 2.59. The summed E-state index contributed by atoms with van der Waals surface area (Å²) in [6, 6.07) is 26.3. The molecule has 0 aromatic heterocycles. The Balaban J connectivity index is 2.15. The minimum atomic E-state index is 0.102. The van der Waals surface area contributed by atoms with Crippen molar-refractivity contribution in [2.45, 2.75) is 6.42 Å². The minimum Gasteiger partial charge on any atom is -0.396 e. The molecule has 0 bridgehead atoms. The van der Waals surface area contributed by atoms with Crippen LogP contribution in [0.3, 0.4) is 0 Å². The third-order valence-corrected chi connectivity index (χ3v) is 4.24. The normalized spacial score (nSPS) is 10.4. The number of aliphatic hydroxyl groups excluding tert-OH is 1. The molecule has 2 nitrogen and oxygen atoms in total. The largest absolute Gasteiger partial charge is 0.396 e. The van der Waals surface area contributed by atoms with Gasteiger partial charge < -0.3 is 5.11 Å². The number of nitrogens with zero attached hydrogens (tertiary/aromatic N) is 1. The van der Waals surface area contributed by atoms with Crippen LogP contribution in [0.5, 0.6) is 0 Å². The Morgan fingerprint density at radius 3 is 1.96 bits per heavy atom. The van der Waals surface area contributed by atoms with E-state index in [1.165, 1.54) is 0 Å². The molecule has 0 aliphatic carbocycles. The Morgan fingerprint density at radius 1 is 0.833 bits per heavy atom. The Kier molecular flexibility index (Phi) is 5.57. The number of aliphatic imine (C=N–C) groups is 1. The summed E-state index contributed by atoms with van der Waals surface area (Å²) in [4.78, 5) is 4.94. The Labute approximate surface area is 150 Å². The summed E-state index contributed by atoms with van der Waals surface area (Å²) in [5.74, 6) is 0. The summed E-state index contributed by atoms with van der Waals surface area (Å²) in [5.41, 5.74) is 4.98. The molecule has 0 aliphatic heterocycles. The van der Waals surface area contributed by atoms with Crippen molar-refractivity contribution in [1.82, 2.24) is 0 Å². The maximum absolute atomic E-state index is 9.34. The number of aliphatic hydroxyl groups is 1. The highest BCUT2D eigenvalue weighted by Crippen LogP contribution is 2.26. The van der Waals surface area contributed by atoms with E-state index in [-0.39, 0.29) is 6.61 Å². The first-order valence-electron chi connectivity index (χ1n) is 7.87. The molecular formula is C21H18BrNO. The summed E-state index contributed by atoms with van der Waals surface area (Å²) in [6.07, 6.45) is 0.579. The van der Waals surface area contributed by atoms with Crippen molar-refractivity contribution in [3.8, 4) is 0 Å². The van der Waals surface area contributed by atoms with Gasteiger partial charge in [0.05, 0.1) is 11.4 Å². The second-order valence-corrected chi connectivity index (χ2v) is 6.35. The molecular weight excluding hydrogens is 362 g/mol. The molecule has 24 heavy (non-hydrogen) atoms. The van der Waals surface area contributed by atoms with Crippen LogP contribution in [-0.4, -0.2) is 17.4 Å². The van der Waals surface area contributed by atoms with Gasteiger partial charge in [0, 0.05) is 22.2 Å². The van der Waals surface area contributed by atoms with Crippen molar-refractivity contribution in [1.29, 1.82) is 0 Å². The van der Waals surface area contributed by atoms with Crippen molar-refractivity contribution in [3.05, 3.63) is 100 Å². The van der Waals surface area contributed by atoms with E-state index in [0.29, 0.717) is 6.42 Å². The van der Waals surface area contributed by atoms with Crippen LogP contribution >= 0.6 is 15.9 Å². The number of benzene rings is 3. The number of hydrogen-bond donors (Lipinski definition) is 1. The Bertz CT molecular complexity index is 787. The van der Waals surface area contributed by atoms with Crippen molar-refractivity contribution in [2.24, 2.45) is 4.99 Å². The van der Waals surface area contributed by atoms with Gasteiger partial charge >= 0.3 is 0 Å². The molecule has 0 saturated heterocycles. The van der Waals surface area contributed by atoms with E-state index in [2.05, 4.69) is 40.2 Å². The lowest BCUT2D eigenvalue weighted by atomic mass is 10.0. The molecule has 0 amide bonds. The molecule has 0 fully saturated rings. The van der Waals surface area contributed by atoms with Crippen LogP contribution in [0, 0.1) is 0 Å². The Morgan fingerprint density at radius 2 is 1.42 bits per heavy atom. The van der Waals surface area contributed by atoms with Gasteiger partial charge in [-0.05, 0) is 30.2 Å². The minimum absolute atomic E-state index is 0.102. The van der Waals surface area contributed by atoms with E-state index >= 15 is 0 Å². The zero-order valence-electron chi connectivity index (χ0n) is 13.2. The third kappa shape index (κ3) is 3.99. The zero-order chi connectivity index (χ0) is 16.8. The quantitative estimate of drug-likeness (QED) is 0.610. The lowest BCUT2D eigenvalue weighted by Gasteiger charge is -2.10. The van der Waals surface area contributed by atoms with E-state index in [4.69, 9.17) is 4.99 Å². The predicted molar refractivity (Wildman–Crippen MR) is 103 cm³/mol. The summed E-state index contributed by atoms with van der Waals surface area (Å²) >= 11 is 3.49. The summed E-state index contributed by atoms with van der Waals surface area (Å²) in [6.45, 7) is 0.102. The van der Waals surface area contributed by atoms with E-state index in [1.54, 1.807) is 0 Å². The van der Waals surface area contributed by atoms with Crippen molar-refractivity contribution in [3.63, 3.8) is 0 Å². The highest BCUT2D eigenvalue weighted by atomic mass is 79.9. The predicted octanol–water partition coefficient (Wildman–Crippen LogP) is 5.15. The van der Waals surface area contributed by atoms with Crippen molar-refractivity contribution >= 4 is 27.3 Å². The van der Waals surface area contributed by atoms with Crippen LogP contribution in [0.4, 0.5) is 5.69 Å². The van der Waals surface area contributed by atoms with E-state index in [1.807, 2.05) is 54.6 Å². The molecule has 0 saturated carbocycles. The van der Waals surface area contributed by atoms with Crippen LogP contribution in [0.15, 0.2) is 88.3 Å². The van der Waals surface area contributed by atoms with Gasteiger partial charge in [0.15, 0.2) is 0 Å². The second kappa shape index (κ2) is 8.04. The number of hydrogen-bond acceptors (Lipinski definition) is 2. The molecule has 0 heterocycles. The molecule has 0 aliphatic rings. The van der Waals surface area contributed by atoms with Crippen LogP contribution in [0.2, 0.25) is 0 Å². The van der Waals surface area contributed by atoms with Gasteiger partial charge in [0.25, 0.3) is 0 Å². The molecule has 0 spiro atoms. The van der Waals surface area contributed by atoms with E-state index < -0.39 is 0 Å². The summed E-state index contributed by atoms with van der Waals surface area (Å²) in [5, 5.41) is 9.34. The molecule has 0 atom stereocenters. The zero-order valence-corrected chi connectivity index (χ0v) is 14.8. The fraction of sp³-hybridized carbons (Fsp3) is 0.0952. The van der Waals surface area contributed by atoms with Gasteiger partial charge in [-0.2, -0.15) is 0 Å². The SMILES string of the molecule is OCCc1cc(Br)ccc1N=C(c1ccccc1)c1ccccc1. The first-order valence-corrected chi connectivity index (χ1v) is 8.66. The highest BCUT2D eigenvalue weighted by molar-refractivity contribution is 9.10. The van der Waals surface area contributed by atoms with Crippen LogP contribution in [0.1, 0.15) is 16.7 Å². The van der Waals surface area contributed by atoms with Gasteiger partial charge in [0.1, 0.15) is 0 Å². The number of halogens is 1. The van der Waals surface area contributed by atoms with Gasteiger partial charge in [0.2, 0.25) is 0 Å². The fourth-order valence-corrected chi connectivity index (χ4v) is 3.00. The summed E-state index contributed by atoms with van der Waals surface area (Å²) < 4.78 is 0.992. The molecule has 3 heteroatoms. The standard InChI is InChI=1S/C21H18BrNO/c22-19-11-12-20(18(15-19)13-14-24)23-21(16-7-3-1-4-8-16)17-9-5-2-6-10-17/h1-12,15,24H,13-14H2. The smallest absolute Gasteiger partial charge is 0.0781 e. The van der Waals surface area contributed by atoms with E-state index in [9.17, 15) is 5.11 Å². The maximum atomic E-state index is 9.34. The molecule has 3 aromatic carbocycles. The van der Waals surface area contributed by atoms with Crippen LogP contribution < -0.4 is 0 Å². The van der Waals surface area contributed by atoms with Gasteiger partial charge in [-0.25, -0.2) is 4.99 Å². The molecule has 0 radical (unpaired) electrons. The molecule has 3 rings (SSSR count). The lowest BCUT2D eigenvalue weighted by molar-refractivity contribution is 0.300. The number of rotatable bonds is 5. The average Bonchev–Trinajstić information content (AvgIpc) is 2.63. The topological polar surface area (TPSA) is 32.6 Å². The van der Waals surface area contributed by atoms with Crippen LogP contribution in [0.25, 0.3) is 0 Å². The van der Waals surface area contributed by atoms with Gasteiger partial charge in [-0.15, -0.1) is 0 Å². The first kappa shape index (κ1) is 16.6. The third-order valence-electron chi connectivity index (χ3n) is 3.75. The van der Waals surface area contributed by atoms with Gasteiger partial charge in [-0.1, -0.05) is 76.6 Å². The maximum Gasteiger partial charge on any atom is 0.0781 e. The van der Waals surface area contributed by atoms with E-state index in [0.717, 1.165) is 32.6 Å². The van der Waals surface area contributed by atoms with Crippen molar-refractivity contribution in [2.75, 3.05) is 6.61 Å². The molecule has 0 unspecified atom stereocenters.